The van der Waals surface area contributed by atoms with Crippen molar-refractivity contribution in [2.24, 2.45) is 0 Å². The summed E-state index contributed by atoms with van der Waals surface area (Å²) in [5.41, 5.74) is 6.21. The van der Waals surface area contributed by atoms with Gasteiger partial charge in [-0.05, 0) is 38.6 Å². The summed E-state index contributed by atoms with van der Waals surface area (Å²) in [5, 5.41) is 17.1. The number of likely N-dealkylation sites (N-methyl/N-ethyl adjacent to an activating group) is 1. The number of carbonyl (C=O) groups is 1. The van der Waals surface area contributed by atoms with Crippen LogP contribution in [0.3, 0.4) is 0 Å². The van der Waals surface area contributed by atoms with Gasteiger partial charge in [-0.15, -0.1) is 0 Å². The predicted molar refractivity (Wildman–Crippen MR) is 182 cm³/mol. The molecular weight excluding hydrogens is 625 g/mol. The van der Waals surface area contributed by atoms with Crippen LogP contribution in [-0.2, 0) is 17.9 Å². The molecule has 2 atom stereocenters. The standard InChI is InChI=1S/C35H39Cl2N5O4/c1-21(43)19-42(2)20-24-9-8-22(16-30(24)45-3)34-33(37)27(14-15-39-34)26-6-5-7-28(32(26)36)29-12-10-23(35(41-29)46-4)17-38-18-25-11-13-31(44)40-25/h5-10,12,14-16,21,25,38,43H,11,13,17-20H2,1-4H3,(H,40,44)/t21-,25+/m1/s1. The first-order valence-corrected chi connectivity index (χ1v) is 16.0. The lowest BCUT2D eigenvalue weighted by atomic mass is 9.99. The van der Waals surface area contributed by atoms with Crippen molar-refractivity contribution in [3.63, 3.8) is 0 Å². The van der Waals surface area contributed by atoms with Crippen molar-refractivity contribution in [1.29, 1.82) is 0 Å². The predicted octanol–water partition coefficient (Wildman–Crippen LogP) is 5.98. The summed E-state index contributed by atoms with van der Waals surface area (Å²) >= 11 is 14.1. The minimum absolute atomic E-state index is 0.0990. The van der Waals surface area contributed by atoms with Crippen LogP contribution in [0.1, 0.15) is 30.9 Å². The Balaban J connectivity index is 1.40. The lowest BCUT2D eigenvalue weighted by molar-refractivity contribution is -0.119. The van der Waals surface area contributed by atoms with Crippen LogP contribution in [0.5, 0.6) is 11.6 Å². The van der Waals surface area contributed by atoms with Crippen LogP contribution >= 0.6 is 23.2 Å². The molecule has 0 unspecified atom stereocenters. The molecule has 5 rings (SSSR count). The van der Waals surface area contributed by atoms with Gasteiger partial charge in [0.25, 0.3) is 0 Å². The highest BCUT2D eigenvalue weighted by Crippen LogP contribution is 2.42. The molecule has 1 saturated heterocycles. The Kier molecular flexibility index (Phi) is 11.1. The highest BCUT2D eigenvalue weighted by atomic mass is 35.5. The molecule has 0 bridgehead atoms. The number of hydrogen-bond acceptors (Lipinski definition) is 8. The van der Waals surface area contributed by atoms with Gasteiger partial charge in [0.1, 0.15) is 5.75 Å². The first-order chi connectivity index (χ1) is 22.2. The lowest BCUT2D eigenvalue weighted by Crippen LogP contribution is -2.35. The number of nitrogens with one attached hydrogen (secondary N) is 2. The van der Waals surface area contributed by atoms with Crippen molar-refractivity contribution in [1.82, 2.24) is 25.5 Å². The van der Waals surface area contributed by atoms with E-state index in [2.05, 4.69) is 15.6 Å². The van der Waals surface area contributed by atoms with Gasteiger partial charge in [-0.25, -0.2) is 4.98 Å². The Bertz CT molecular complexity index is 1700. The van der Waals surface area contributed by atoms with E-state index >= 15 is 0 Å². The summed E-state index contributed by atoms with van der Waals surface area (Å²) in [6, 6.07) is 17.6. The molecule has 1 fully saturated rings. The molecule has 0 radical (unpaired) electrons. The minimum Gasteiger partial charge on any atom is -0.496 e. The van der Waals surface area contributed by atoms with E-state index in [0.29, 0.717) is 65.7 Å². The van der Waals surface area contributed by atoms with E-state index in [0.717, 1.165) is 39.8 Å². The molecule has 11 heteroatoms. The normalized spacial score (nSPS) is 15.2. The average molecular weight is 665 g/mol. The Morgan fingerprint density at radius 3 is 2.52 bits per heavy atom. The quantitative estimate of drug-likeness (QED) is 0.160. The van der Waals surface area contributed by atoms with Gasteiger partial charge in [-0.1, -0.05) is 59.6 Å². The lowest BCUT2D eigenvalue weighted by Gasteiger charge is -2.20. The molecule has 1 amide bonds. The molecule has 4 aromatic rings. The Morgan fingerprint density at radius 2 is 1.80 bits per heavy atom. The van der Waals surface area contributed by atoms with Crippen LogP contribution in [0.2, 0.25) is 10.0 Å². The number of aliphatic hydroxyl groups excluding tert-OH is 1. The molecular formula is C35H39Cl2N5O4. The van der Waals surface area contributed by atoms with Crippen molar-refractivity contribution in [2.45, 2.75) is 45.0 Å². The van der Waals surface area contributed by atoms with Crippen molar-refractivity contribution < 1.29 is 19.4 Å². The van der Waals surface area contributed by atoms with Gasteiger partial charge >= 0.3 is 0 Å². The van der Waals surface area contributed by atoms with Gasteiger partial charge in [0.15, 0.2) is 0 Å². The molecule has 0 spiro atoms. The molecule has 1 aliphatic rings. The summed E-state index contributed by atoms with van der Waals surface area (Å²) in [6.45, 7) is 4.16. The molecule has 2 aromatic heterocycles. The van der Waals surface area contributed by atoms with Crippen LogP contribution in [0.4, 0.5) is 0 Å². The van der Waals surface area contributed by atoms with Crippen LogP contribution in [-0.4, -0.2) is 72.4 Å². The Morgan fingerprint density at radius 1 is 1.04 bits per heavy atom. The Labute approximate surface area is 279 Å². The van der Waals surface area contributed by atoms with Crippen molar-refractivity contribution in [3.8, 4) is 45.3 Å². The fraction of sp³-hybridized carbons (Fsp3) is 0.343. The molecule has 242 valence electrons. The van der Waals surface area contributed by atoms with E-state index in [1.54, 1.807) is 27.3 Å². The third-order valence-corrected chi connectivity index (χ3v) is 8.74. The molecule has 3 heterocycles. The number of rotatable bonds is 13. The van der Waals surface area contributed by atoms with Crippen LogP contribution in [0, 0.1) is 0 Å². The van der Waals surface area contributed by atoms with Gasteiger partial charge in [-0.3, -0.25) is 14.7 Å². The summed E-state index contributed by atoms with van der Waals surface area (Å²) in [5.74, 6) is 1.31. The zero-order valence-electron chi connectivity index (χ0n) is 26.4. The summed E-state index contributed by atoms with van der Waals surface area (Å²) in [7, 11) is 5.19. The second-order valence-electron chi connectivity index (χ2n) is 11.6. The van der Waals surface area contributed by atoms with Gasteiger partial charge in [0, 0.05) is 78.2 Å². The van der Waals surface area contributed by atoms with Crippen LogP contribution < -0.4 is 20.1 Å². The van der Waals surface area contributed by atoms with E-state index in [1.807, 2.05) is 66.5 Å². The van der Waals surface area contributed by atoms with Gasteiger partial charge < -0.3 is 25.2 Å². The topological polar surface area (TPSA) is 109 Å². The third-order valence-electron chi connectivity index (χ3n) is 7.95. The number of aromatic nitrogens is 2. The maximum Gasteiger partial charge on any atom is 0.220 e. The number of methoxy groups -OCH3 is 2. The smallest absolute Gasteiger partial charge is 0.220 e. The number of aliphatic hydroxyl groups is 1. The highest BCUT2D eigenvalue weighted by molar-refractivity contribution is 6.39. The van der Waals surface area contributed by atoms with Gasteiger partial charge in [0.05, 0.1) is 41.8 Å². The molecule has 3 N–H and O–H groups in total. The van der Waals surface area contributed by atoms with E-state index < -0.39 is 6.10 Å². The number of amides is 1. The van der Waals surface area contributed by atoms with E-state index in [-0.39, 0.29) is 11.9 Å². The first-order valence-electron chi connectivity index (χ1n) is 15.2. The number of nitrogens with zero attached hydrogens (tertiary/aromatic N) is 3. The number of pyridine rings is 2. The summed E-state index contributed by atoms with van der Waals surface area (Å²) in [4.78, 5) is 22.9. The molecule has 0 aliphatic carbocycles. The zero-order chi connectivity index (χ0) is 32.8. The van der Waals surface area contributed by atoms with Crippen molar-refractivity contribution >= 4 is 29.1 Å². The number of carbonyl (C=O) groups excluding carboxylic acids is 1. The number of hydrogen-bond donors (Lipinski definition) is 3. The fourth-order valence-electron chi connectivity index (χ4n) is 5.76. The monoisotopic (exact) mass is 663 g/mol. The second-order valence-corrected chi connectivity index (χ2v) is 12.3. The van der Waals surface area contributed by atoms with E-state index in [9.17, 15) is 9.90 Å². The number of halogens is 2. The molecule has 46 heavy (non-hydrogen) atoms. The van der Waals surface area contributed by atoms with Gasteiger partial charge in [0.2, 0.25) is 11.8 Å². The van der Waals surface area contributed by atoms with Crippen molar-refractivity contribution in [3.05, 3.63) is 82.0 Å². The number of benzene rings is 2. The van der Waals surface area contributed by atoms with Crippen molar-refractivity contribution in [2.75, 3.05) is 34.4 Å². The Hall–Kier alpha value is -3.73. The van der Waals surface area contributed by atoms with Gasteiger partial charge in [-0.2, -0.15) is 0 Å². The highest BCUT2D eigenvalue weighted by Gasteiger charge is 2.21. The maximum absolute atomic E-state index is 11.5. The minimum atomic E-state index is -0.426. The number of ether oxygens (including phenoxy) is 2. The average Bonchev–Trinajstić information content (AvgIpc) is 3.46. The van der Waals surface area contributed by atoms with E-state index in [1.165, 1.54) is 0 Å². The largest absolute Gasteiger partial charge is 0.496 e. The summed E-state index contributed by atoms with van der Waals surface area (Å²) in [6.07, 6.45) is 2.70. The molecule has 9 nitrogen and oxygen atoms in total. The molecule has 2 aromatic carbocycles. The van der Waals surface area contributed by atoms with Crippen LogP contribution in [0.25, 0.3) is 33.6 Å². The second kappa shape index (κ2) is 15.2. The third kappa shape index (κ3) is 7.79. The van der Waals surface area contributed by atoms with Crippen LogP contribution in [0.15, 0.2) is 60.8 Å². The SMILES string of the molecule is COc1cc(-c2nccc(-c3cccc(-c4ccc(CNC[C@@H]5CCC(=O)N5)c(OC)n4)c3Cl)c2Cl)ccc1CN(C)C[C@@H](C)O. The van der Waals surface area contributed by atoms with E-state index in [4.69, 9.17) is 37.7 Å². The zero-order valence-corrected chi connectivity index (χ0v) is 28.0. The first kappa shape index (κ1) is 33.6. The maximum atomic E-state index is 11.5. The molecule has 1 aliphatic heterocycles. The fourth-order valence-corrected chi connectivity index (χ4v) is 6.41. The molecule has 0 saturated carbocycles. The summed E-state index contributed by atoms with van der Waals surface area (Å²) < 4.78 is 11.3.